The first-order chi connectivity index (χ1) is 10.8. The Kier molecular flexibility index (Phi) is 7.16. The van der Waals surface area contributed by atoms with Gasteiger partial charge in [0.1, 0.15) is 11.9 Å². The number of rotatable bonds is 5. The molecule has 0 bridgehead atoms. The van der Waals surface area contributed by atoms with Gasteiger partial charge in [-0.15, -0.1) is 24.0 Å². The molecular weight excluding hydrogens is 421 g/mol. The smallest absolute Gasteiger partial charge is 0.191 e. The third-order valence-corrected chi connectivity index (χ3v) is 4.29. The summed E-state index contributed by atoms with van der Waals surface area (Å²) >= 11 is 1.70. The van der Waals surface area contributed by atoms with Gasteiger partial charge >= 0.3 is 0 Å². The van der Waals surface area contributed by atoms with Gasteiger partial charge in [0, 0.05) is 13.0 Å². The first-order valence-electron chi connectivity index (χ1n) is 7.63. The number of nitrogens with zero attached hydrogens (tertiary/aromatic N) is 1. The highest BCUT2D eigenvalue weighted by molar-refractivity contribution is 14.0. The van der Waals surface area contributed by atoms with E-state index in [1.54, 1.807) is 11.3 Å². The minimum atomic E-state index is 0. The molecule has 6 heteroatoms. The van der Waals surface area contributed by atoms with Crippen molar-refractivity contribution >= 4 is 41.3 Å². The fraction of sp³-hybridized carbons (Fsp3) is 0.353. The number of thiophene rings is 1. The maximum absolute atomic E-state index is 5.94. The minimum absolute atomic E-state index is 0. The van der Waals surface area contributed by atoms with Gasteiger partial charge in [0.05, 0.1) is 13.1 Å². The molecule has 2 N–H and O–H groups in total. The highest BCUT2D eigenvalue weighted by Crippen LogP contribution is 2.27. The van der Waals surface area contributed by atoms with Crippen LogP contribution in [-0.4, -0.2) is 25.2 Å². The molecule has 23 heavy (non-hydrogen) atoms. The number of hydrogen-bond acceptors (Lipinski definition) is 3. The van der Waals surface area contributed by atoms with E-state index in [4.69, 9.17) is 4.74 Å². The third kappa shape index (κ3) is 5.10. The lowest BCUT2D eigenvalue weighted by Gasteiger charge is -2.15. The lowest BCUT2D eigenvalue weighted by atomic mass is 10.1. The molecule has 1 aromatic carbocycles. The van der Waals surface area contributed by atoms with Gasteiger partial charge in [-0.05, 0) is 40.9 Å². The van der Waals surface area contributed by atoms with E-state index in [1.165, 1.54) is 11.1 Å². The van der Waals surface area contributed by atoms with Crippen LogP contribution in [0.15, 0.2) is 46.1 Å². The van der Waals surface area contributed by atoms with Crippen molar-refractivity contribution in [1.82, 2.24) is 10.6 Å². The van der Waals surface area contributed by atoms with Gasteiger partial charge < -0.3 is 15.4 Å². The zero-order valence-corrected chi connectivity index (χ0v) is 16.3. The van der Waals surface area contributed by atoms with Gasteiger partial charge in [-0.2, -0.15) is 11.3 Å². The highest BCUT2D eigenvalue weighted by Gasteiger charge is 2.22. The Morgan fingerprint density at radius 3 is 2.91 bits per heavy atom. The summed E-state index contributed by atoms with van der Waals surface area (Å²) in [7, 11) is 0. The molecule has 3 rings (SSSR count). The SMILES string of the molecule is CCNC(=NCc1ccsc1)NCC1Cc2ccccc2O1.I. The lowest BCUT2D eigenvalue weighted by molar-refractivity contribution is 0.235. The molecule has 0 saturated heterocycles. The fourth-order valence-electron chi connectivity index (χ4n) is 2.47. The zero-order valence-electron chi connectivity index (χ0n) is 13.1. The summed E-state index contributed by atoms with van der Waals surface area (Å²) < 4.78 is 5.94. The average Bonchev–Trinajstić information content (AvgIpc) is 3.18. The van der Waals surface area contributed by atoms with Gasteiger partial charge in [-0.25, -0.2) is 4.99 Å². The molecular formula is C17H22IN3OS. The summed E-state index contributed by atoms with van der Waals surface area (Å²) in [5.74, 6) is 1.85. The van der Waals surface area contributed by atoms with Crippen molar-refractivity contribution in [2.24, 2.45) is 4.99 Å². The molecule has 0 saturated carbocycles. The summed E-state index contributed by atoms with van der Waals surface area (Å²) in [6, 6.07) is 10.3. The summed E-state index contributed by atoms with van der Waals surface area (Å²) in [4.78, 5) is 4.61. The number of hydrogen-bond donors (Lipinski definition) is 2. The maximum atomic E-state index is 5.94. The van der Waals surface area contributed by atoms with Gasteiger partial charge in [-0.3, -0.25) is 0 Å². The van der Waals surface area contributed by atoms with Crippen molar-refractivity contribution in [3.63, 3.8) is 0 Å². The second-order valence-electron chi connectivity index (χ2n) is 5.26. The van der Waals surface area contributed by atoms with Crippen LogP contribution in [0.2, 0.25) is 0 Å². The Morgan fingerprint density at radius 1 is 1.30 bits per heavy atom. The standard InChI is InChI=1S/C17H21N3OS.HI/c1-2-18-17(19-10-13-7-8-22-12-13)20-11-15-9-14-5-3-4-6-16(14)21-15;/h3-8,12,15H,2,9-11H2,1H3,(H2,18,19,20);1H. The van der Waals surface area contributed by atoms with Crippen molar-refractivity contribution in [3.8, 4) is 5.75 Å². The number of para-hydroxylation sites is 1. The number of nitrogens with one attached hydrogen (secondary N) is 2. The molecule has 1 aromatic heterocycles. The normalized spacial score (nSPS) is 16.2. The summed E-state index contributed by atoms with van der Waals surface area (Å²) in [5, 5.41) is 10.9. The minimum Gasteiger partial charge on any atom is -0.488 e. The van der Waals surface area contributed by atoms with Crippen molar-refractivity contribution in [2.45, 2.75) is 26.0 Å². The highest BCUT2D eigenvalue weighted by atomic mass is 127. The van der Waals surface area contributed by atoms with Crippen LogP contribution in [-0.2, 0) is 13.0 Å². The van der Waals surface area contributed by atoms with Gasteiger partial charge in [-0.1, -0.05) is 18.2 Å². The second-order valence-corrected chi connectivity index (χ2v) is 6.04. The number of fused-ring (bicyclic) bond motifs is 1. The quantitative estimate of drug-likeness (QED) is 0.423. The van der Waals surface area contributed by atoms with Crippen LogP contribution >= 0.6 is 35.3 Å². The van der Waals surface area contributed by atoms with Gasteiger partial charge in [0.2, 0.25) is 0 Å². The Bertz CT molecular complexity index is 606. The second kappa shape index (κ2) is 9.12. The zero-order chi connectivity index (χ0) is 15.2. The summed E-state index contributed by atoms with van der Waals surface area (Å²) in [6.07, 6.45) is 1.12. The van der Waals surface area contributed by atoms with E-state index in [1.807, 2.05) is 12.1 Å². The third-order valence-electron chi connectivity index (χ3n) is 3.56. The number of aliphatic imine (C=N–C) groups is 1. The maximum Gasteiger partial charge on any atom is 0.191 e. The van der Waals surface area contributed by atoms with Crippen molar-refractivity contribution in [3.05, 3.63) is 52.2 Å². The molecule has 1 unspecified atom stereocenters. The van der Waals surface area contributed by atoms with Crippen LogP contribution in [0.1, 0.15) is 18.1 Å². The number of benzene rings is 1. The molecule has 2 aromatic rings. The molecule has 0 aliphatic carbocycles. The summed E-state index contributed by atoms with van der Waals surface area (Å²) in [5.41, 5.74) is 2.53. The van der Waals surface area contributed by atoms with Crippen LogP contribution < -0.4 is 15.4 Å². The molecule has 0 radical (unpaired) electrons. The van der Waals surface area contributed by atoms with Crippen LogP contribution in [0.25, 0.3) is 0 Å². The van der Waals surface area contributed by atoms with E-state index < -0.39 is 0 Å². The molecule has 1 aliphatic heterocycles. The Labute approximate surface area is 158 Å². The monoisotopic (exact) mass is 443 g/mol. The predicted molar refractivity (Wildman–Crippen MR) is 107 cm³/mol. The molecule has 2 heterocycles. The first-order valence-corrected chi connectivity index (χ1v) is 8.57. The van der Waals surface area contributed by atoms with E-state index in [-0.39, 0.29) is 30.1 Å². The van der Waals surface area contributed by atoms with E-state index in [2.05, 4.69) is 51.5 Å². The summed E-state index contributed by atoms with van der Waals surface area (Å²) in [6.45, 7) is 4.37. The number of ether oxygens (including phenoxy) is 1. The Morgan fingerprint density at radius 2 is 2.17 bits per heavy atom. The van der Waals surface area contributed by atoms with Crippen LogP contribution in [0.4, 0.5) is 0 Å². The Balaban J connectivity index is 0.00000192. The van der Waals surface area contributed by atoms with E-state index in [0.717, 1.165) is 31.2 Å². The van der Waals surface area contributed by atoms with Crippen LogP contribution in [0.5, 0.6) is 5.75 Å². The van der Waals surface area contributed by atoms with Gasteiger partial charge in [0.25, 0.3) is 0 Å². The molecule has 0 amide bonds. The lowest BCUT2D eigenvalue weighted by Crippen LogP contribution is -2.42. The van der Waals surface area contributed by atoms with Crippen molar-refractivity contribution in [1.29, 1.82) is 0 Å². The molecule has 0 fully saturated rings. The average molecular weight is 443 g/mol. The predicted octanol–water partition coefficient (Wildman–Crippen LogP) is 3.42. The Hall–Kier alpha value is -1.28. The number of halogens is 1. The molecule has 1 aliphatic rings. The topological polar surface area (TPSA) is 45.7 Å². The molecule has 0 spiro atoms. The molecule has 124 valence electrons. The van der Waals surface area contributed by atoms with Crippen LogP contribution in [0.3, 0.4) is 0 Å². The van der Waals surface area contributed by atoms with E-state index in [0.29, 0.717) is 6.54 Å². The van der Waals surface area contributed by atoms with Crippen molar-refractivity contribution < 1.29 is 4.74 Å². The first kappa shape index (κ1) is 18.1. The fourth-order valence-corrected chi connectivity index (χ4v) is 3.13. The largest absolute Gasteiger partial charge is 0.488 e. The van der Waals surface area contributed by atoms with E-state index >= 15 is 0 Å². The van der Waals surface area contributed by atoms with Gasteiger partial charge in [0.15, 0.2) is 5.96 Å². The molecule has 1 atom stereocenters. The van der Waals surface area contributed by atoms with E-state index in [9.17, 15) is 0 Å². The number of guanidine groups is 1. The van der Waals surface area contributed by atoms with Crippen molar-refractivity contribution in [2.75, 3.05) is 13.1 Å². The molecule has 4 nitrogen and oxygen atoms in total. The van der Waals surface area contributed by atoms with Crippen LogP contribution in [0, 0.1) is 0 Å².